The van der Waals surface area contributed by atoms with Gasteiger partial charge in [-0.1, -0.05) is 48.5 Å². The van der Waals surface area contributed by atoms with Crippen LogP contribution in [0.1, 0.15) is 29.9 Å². The first kappa shape index (κ1) is 24.2. The van der Waals surface area contributed by atoms with Gasteiger partial charge >= 0.3 is 6.09 Å². The number of amides is 1. The molecule has 0 radical (unpaired) electrons. The first-order valence-electron chi connectivity index (χ1n) is 11.3. The molecular weight excluding hydrogens is 408 g/mol. The fourth-order valence-electron chi connectivity index (χ4n) is 3.74. The second-order valence-electron chi connectivity index (χ2n) is 7.59. The average Bonchev–Trinajstić information content (AvgIpc) is 3.14. The molecule has 3 N–H and O–H groups in total. The minimum Gasteiger partial charge on any atom is -0.449 e. The van der Waals surface area contributed by atoms with E-state index in [0.717, 1.165) is 6.42 Å². The van der Waals surface area contributed by atoms with Crippen molar-refractivity contribution < 1.29 is 23.7 Å². The van der Waals surface area contributed by atoms with Crippen molar-refractivity contribution in [3.8, 4) is 11.1 Å². The van der Waals surface area contributed by atoms with Crippen molar-refractivity contribution in [2.24, 2.45) is 5.73 Å². The number of fused-ring (bicyclic) bond motifs is 3. The summed E-state index contributed by atoms with van der Waals surface area (Å²) in [5.74, 6) is 0.0718. The molecule has 0 aromatic heterocycles. The van der Waals surface area contributed by atoms with Gasteiger partial charge in [0.15, 0.2) is 0 Å². The Morgan fingerprint density at radius 2 is 1.31 bits per heavy atom. The zero-order valence-electron chi connectivity index (χ0n) is 18.6. The van der Waals surface area contributed by atoms with Crippen LogP contribution in [-0.2, 0) is 18.9 Å². The van der Waals surface area contributed by atoms with Gasteiger partial charge in [0, 0.05) is 25.7 Å². The Labute approximate surface area is 190 Å². The Balaban J connectivity index is 1.23. The Hall–Kier alpha value is -2.45. The van der Waals surface area contributed by atoms with Crippen LogP contribution in [0.3, 0.4) is 0 Å². The van der Waals surface area contributed by atoms with Gasteiger partial charge in [-0.05, 0) is 41.6 Å². The van der Waals surface area contributed by atoms with Crippen molar-refractivity contribution in [1.29, 1.82) is 0 Å². The fourth-order valence-corrected chi connectivity index (χ4v) is 3.74. The van der Waals surface area contributed by atoms with Crippen LogP contribution in [-0.4, -0.2) is 65.4 Å². The molecule has 3 rings (SSSR count). The van der Waals surface area contributed by atoms with E-state index in [1.807, 2.05) is 24.3 Å². The van der Waals surface area contributed by atoms with Crippen LogP contribution in [0.15, 0.2) is 48.5 Å². The smallest absolute Gasteiger partial charge is 0.407 e. The summed E-state index contributed by atoms with van der Waals surface area (Å²) < 4.78 is 21.8. The van der Waals surface area contributed by atoms with Gasteiger partial charge in [0.05, 0.1) is 26.4 Å². The van der Waals surface area contributed by atoms with Crippen LogP contribution in [0.5, 0.6) is 0 Å². The molecule has 0 saturated carbocycles. The highest BCUT2D eigenvalue weighted by Gasteiger charge is 2.28. The highest BCUT2D eigenvalue weighted by Crippen LogP contribution is 2.44. The third-order valence-corrected chi connectivity index (χ3v) is 5.32. The number of carbonyl (C=O) groups excluding carboxylic acids is 1. The second-order valence-corrected chi connectivity index (χ2v) is 7.59. The highest BCUT2D eigenvalue weighted by molar-refractivity contribution is 5.79. The summed E-state index contributed by atoms with van der Waals surface area (Å²) in [6.07, 6.45) is 1.18. The molecule has 0 unspecified atom stereocenters. The maximum Gasteiger partial charge on any atom is 0.407 e. The highest BCUT2D eigenvalue weighted by atomic mass is 16.6. The molecule has 1 amide bonds. The topological polar surface area (TPSA) is 92.0 Å². The van der Waals surface area contributed by atoms with E-state index >= 15 is 0 Å². The third kappa shape index (κ3) is 7.31. The van der Waals surface area contributed by atoms with E-state index in [9.17, 15) is 4.79 Å². The summed E-state index contributed by atoms with van der Waals surface area (Å²) in [6, 6.07) is 16.6. The summed E-state index contributed by atoms with van der Waals surface area (Å²) in [6.45, 7) is 4.88. The number of nitrogens with two attached hydrogens (primary N) is 1. The second kappa shape index (κ2) is 13.9. The molecular formula is C25H34N2O5. The summed E-state index contributed by atoms with van der Waals surface area (Å²) in [5, 5.41) is 2.79. The summed E-state index contributed by atoms with van der Waals surface area (Å²) in [5.41, 5.74) is 10.2. The molecule has 7 heteroatoms. The van der Waals surface area contributed by atoms with E-state index in [0.29, 0.717) is 65.8 Å². The number of nitrogens with one attached hydrogen (secondary N) is 1. The van der Waals surface area contributed by atoms with Gasteiger partial charge in [0.1, 0.15) is 6.61 Å². The van der Waals surface area contributed by atoms with Crippen LogP contribution in [0, 0.1) is 0 Å². The Kier molecular flexibility index (Phi) is 10.5. The van der Waals surface area contributed by atoms with Gasteiger partial charge in [-0.25, -0.2) is 4.79 Å². The summed E-state index contributed by atoms with van der Waals surface area (Å²) in [4.78, 5) is 12.1. The molecule has 174 valence electrons. The number of carbonyl (C=O) groups is 1. The molecule has 0 fully saturated rings. The number of hydrogen-bond acceptors (Lipinski definition) is 6. The van der Waals surface area contributed by atoms with Crippen LogP contribution in [0.4, 0.5) is 4.79 Å². The maximum atomic E-state index is 12.1. The lowest BCUT2D eigenvalue weighted by Crippen LogP contribution is -2.27. The molecule has 0 bridgehead atoms. The van der Waals surface area contributed by atoms with Gasteiger partial charge in [-0.15, -0.1) is 0 Å². The number of hydrogen-bond donors (Lipinski definition) is 2. The third-order valence-electron chi connectivity index (χ3n) is 5.32. The van der Waals surface area contributed by atoms with E-state index in [-0.39, 0.29) is 5.92 Å². The van der Waals surface area contributed by atoms with Crippen molar-refractivity contribution in [3.63, 3.8) is 0 Å². The van der Waals surface area contributed by atoms with E-state index in [2.05, 4.69) is 29.6 Å². The van der Waals surface area contributed by atoms with Crippen molar-refractivity contribution >= 4 is 6.09 Å². The molecule has 7 nitrogen and oxygen atoms in total. The number of ether oxygens (including phenoxy) is 4. The van der Waals surface area contributed by atoms with Crippen LogP contribution < -0.4 is 11.1 Å². The van der Waals surface area contributed by atoms with Crippen molar-refractivity contribution in [2.75, 3.05) is 59.3 Å². The fraction of sp³-hybridized carbons (Fsp3) is 0.480. The average molecular weight is 443 g/mol. The van der Waals surface area contributed by atoms with Gasteiger partial charge in [0.2, 0.25) is 0 Å². The normalized spacial score (nSPS) is 12.4. The lowest BCUT2D eigenvalue weighted by Gasteiger charge is -2.14. The quantitative estimate of drug-likeness (QED) is 0.411. The first-order valence-corrected chi connectivity index (χ1v) is 11.3. The van der Waals surface area contributed by atoms with Crippen LogP contribution in [0.2, 0.25) is 0 Å². The first-order chi connectivity index (χ1) is 15.8. The minimum absolute atomic E-state index is 0.0718. The molecule has 0 aliphatic heterocycles. The Morgan fingerprint density at radius 1 is 0.781 bits per heavy atom. The van der Waals surface area contributed by atoms with E-state index in [1.54, 1.807) is 0 Å². The van der Waals surface area contributed by atoms with Gasteiger partial charge in [0.25, 0.3) is 0 Å². The van der Waals surface area contributed by atoms with E-state index < -0.39 is 6.09 Å². The van der Waals surface area contributed by atoms with Crippen molar-refractivity contribution in [2.45, 2.75) is 18.8 Å². The standard InChI is InChI=1S/C25H34N2O5/c26-11-5-13-29-15-17-31-18-16-30-14-6-12-27-25(28)32-19-24-22-9-3-1-7-20(22)21-8-2-4-10-23(21)24/h1-4,7-10,24H,5-6,11-19,26H2,(H,27,28). The lowest BCUT2D eigenvalue weighted by atomic mass is 9.98. The largest absolute Gasteiger partial charge is 0.449 e. The van der Waals surface area contributed by atoms with Gasteiger partial charge in [-0.3, -0.25) is 0 Å². The lowest BCUT2D eigenvalue weighted by molar-refractivity contribution is 0.0140. The molecule has 0 saturated heterocycles. The van der Waals surface area contributed by atoms with Gasteiger partial charge < -0.3 is 30.0 Å². The number of alkyl carbamates (subject to hydrolysis) is 1. The SMILES string of the molecule is NCCCOCCOCCOCCCNC(=O)OCC1c2ccccc2-c2ccccc21. The summed E-state index contributed by atoms with van der Waals surface area (Å²) >= 11 is 0. The Morgan fingerprint density at radius 3 is 1.91 bits per heavy atom. The minimum atomic E-state index is -0.398. The Bertz CT molecular complexity index is 784. The zero-order valence-corrected chi connectivity index (χ0v) is 18.6. The van der Waals surface area contributed by atoms with Crippen molar-refractivity contribution in [3.05, 3.63) is 59.7 Å². The molecule has 1 aliphatic rings. The van der Waals surface area contributed by atoms with E-state index in [4.69, 9.17) is 24.7 Å². The number of rotatable bonds is 15. The predicted molar refractivity (Wildman–Crippen MR) is 124 cm³/mol. The summed E-state index contributed by atoms with van der Waals surface area (Å²) in [7, 11) is 0. The zero-order chi connectivity index (χ0) is 22.4. The molecule has 0 atom stereocenters. The molecule has 2 aromatic rings. The van der Waals surface area contributed by atoms with Crippen LogP contribution in [0.25, 0.3) is 11.1 Å². The molecule has 0 spiro atoms. The monoisotopic (exact) mass is 442 g/mol. The maximum absolute atomic E-state index is 12.1. The van der Waals surface area contributed by atoms with Gasteiger partial charge in [-0.2, -0.15) is 0 Å². The van der Waals surface area contributed by atoms with Crippen molar-refractivity contribution in [1.82, 2.24) is 5.32 Å². The molecule has 1 aliphatic carbocycles. The molecule has 0 heterocycles. The molecule has 32 heavy (non-hydrogen) atoms. The van der Waals surface area contributed by atoms with E-state index in [1.165, 1.54) is 22.3 Å². The van der Waals surface area contributed by atoms with Crippen LogP contribution >= 0.6 is 0 Å². The molecule has 2 aromatic carbocycles. The number of benzene rings is 2. The predicted octanol–water partition coefficient (Wildman–Crippen LogP) is 3.31.